The molecule has 0 heterocycles. The van der Waals surface area contributed by atoms with Crippen LogP contribution in [0.25, 0.3) is 0 Å². The van der Waals surface area contributed by atoms with Gasteiger partial charge in [-0.1, -0.05) is 12.1 Å². The normalized spacial score (nSPS) is 10.2. The molecule has 0 aliphatic heterocycles. The molecule has 0 fully saturated rings. The van der Waals surface area contributed by atoms with Crippen LogP contribution < -0.4 is 10.1 Å². The third-order valence-electron chi connectivity index (χ3n) is 3.08. The Bertz CT molecular complexity index is 674. The molecule has 0 spiro atoms. The summed E-state index contributed by atoms with van der Waals surface area (Å²) in [6.07, 6.45) is 0. The van der Waals surface area contributed by atoms with Crippen LogP contribution in [0.1, 0.15) is 11.1 Å². The van der Waals surface area contributed by atoms with Crippen molar-refractivity contribution in [3.63, 3.8) is 0 Å². The number of nitrogens with one attached hydrogen (secondary N) is 1. The largest absolute Gasteiger partial charge is 0.489 e. The second kappa shape index (κ2) is 6.21. The van der Waals surface area contributed by atoms with Gasteiger partial charge in [-0.3, -0.25) is 10.1 Å². The third kappa shape index (κ3) is 3.47. The molecule has 21 heavy (non-hydrogen) atoms. The van der Waals surface area contributed by atoms with Gasteiger partial charge in [0.1, 0.15) is 23.9 Å². The van der Waals surface area contributed by atoms with E-state index < -0.39 is 4.92 Å². The molecule has 2 aromatic rings. The number of nitrogens with zero attached hydrogens (tertiary/aromatic N) is 1. The van der Waals surface area contributed by atoms with Crippen molar-refractivity contribution in [2.24, 2.45) is 0 Å². The highest BCUT2D eigenvalue weighted by molar-refractivity contribution is 5.62. The first-order valence-electron chi connectivity index (χ1n) is 6.35. The molecule has 0 aromatic heterocycles. The van der Waals surface area contributed by atoms with E-state index in [4.69, 9.17) is 4.74 Å². The van der Waals surface area contributed by atoms with Crippen molar-refractivity contribution in [1.82, 2.24) is 0 Å². The number of anilines is 1. The second-order valence-electron chi connectivity index (χ2n) is 4.56. The van der Waals surface area contributed by atoms with Crippen molar-refractivity contribution in [3.8, 4) is 5.75 Å². The van der Waals surface area contributed by atoms with Gasteiger partial charge in [0.2, 0.25) is 0 Å². The number of benzene rings is 2. The van der Waals surface area contributed by atoms with E-state index in [9.17, 15) is 14.5 Å². The van der Waals surface area contributed by atoms with Gasteiger partial charge in [-0.15, -0.1) is 0 Å². The van der Waals surface area contributed by atoms with Crippen molar-refractivity contribution >= 4 is 11.4 Å². The molecule has 0 bridgehead atoms. The summed E-state index contributed by atoms with van der Waals surface area (Å²) in [6.45, 7) is 1.80. The molecule has 0 aliphatic carbocycles. The molecule has 5 nitrogen and oxygen atoms in total. The maximum atomic E-state index is 13.4. The van der Waals surface area contributed by atoms with Crippen LogP contribution in [-0.4, -0.2) is 12.0 Å². The van der Waals surface area contributed by atoms with Crippen molar-refractivity contribution in [2.75, 3.05) is 12.4 Å². The molecule has 0 saturated carbocycles. The van der Waals surface area contributed by atoms with Crippen LogP contribution in [0.4, 0.5) is 15.8 Å². The Morgan fingerprint density at radius 1 is 1.29 bits per heavy atom. The number of ether oxygens (including phenoxy) is 1. The molecule has 6 heteroatoms. The fraction of sp³-hybridized carbons (Fsp3) is 0.200. The smallest absolute Gasteiger partial charge is 0.292 e. The van der Waals surface area contributed by atoms with Gasteiger partial charge in [0.25, 0.3) is 5.69 Å². The summed E-state index contributed by atoms with van der Waals surface area (Å²) < 4.78 is 18.8. The van der Waals surface area contributed by atoms with Gasteiger partial charge in [-0.25, -0.2) is 4.39 Å². The van der Waals surface area contributed by atoms with Crippen LogP contribution in [0, 0.1) is 22.9 Å². The predicted molar refractivity (Wildman–Crippen MR) is 78.1 cm³/mol. The third-order valence-corrected chi connectivity index (χ3v) is 3.08. The van der Waals surface area contributed by atoms with E-state index in [-0.39, 0.29) is 18.1 Å². The van der Waals surface area contributed by atoms with Gasteiger partial charge in [-0.2, -0.15) is 0 Å². The zero-order valence-corrected chi connectivity index (χ0v) is 11.7. The summed E-state index contributed by atoms with van der Waals surface area (Å²) in [4.78, 5) is 10.5. The summed E-state index contributed by atoms with van der Waals surface area (Å²) in [5, 5.41) is 13.7. The fourth-order valence-corrected chi connectivity index (χ4v) is 1.86. The monoisotopic (exact) mass is 290 g/mol. The first-order valence-corrected chi connectivity index (χ1v) is 6.35. The summed E-state index contributed by atoms with van der Waals surface area (Å²) in [7, 11) is 1.62. The minimum atomic E-state index is -0.457. The number of hydrogen-bond acceptors (Lipinski definition) is 4. The standard InChI is InChI=1S/C15H15FN2O3/c1-10-3-5-12(8-13(10)16)21-9-11-4-6-14(17-2)15(7-11)18(19)20/h3-8,17H,9H2,1-2H3. The molecule has 1 N–H and O–H groups in total. The second-order valence-corrected chi connectivity index (χ2v) is 4.56. The maximum Gasteiger partial charge on any atom is 0.292 e. The number of nitro benzene ring substituents is 1. The highest BCUT2D eigenvalue weighted by Crippen LogP contribution is 2.26. The lowest BCUT2D eigenvalue weighted by atomic mass is 10.2. The summed E-state index contributed by atoms with van der Waals surface area (Å²) >= 11 is 0. The zero-order chi connectivity index (χ0) is 15.4. The summed E-state index contributed by atoms with van der Waals surface area (Å²) in [5.41, 5.74) is 1.59. The van der Waals surface area contributed by atoms with Crippen molar-refractivity contribution in [3.05, 3.63) is 63.5 Å². The van der Waals surface area contributed by atoms with Crippen LogP contribution in [0.5, 0.6) is 5.75 Å². The van der Waals surface area contributed by atoms with Crippen molar-refractivity contribution in [2.45, 2.75) is 13.5 Å². The van der Waals surface area contributed by atoms with Crippen molar-refractivity contribution in [1.29, 1.82) is 0 Å². The van der Waals surface area contributed by atoms with Gasteiger partial charge >= 0.3 is 0 Å². The van der Waals surface area contributed by atoms with Crippen LogP contribution in [0.3, 0.4) is 0 Å². The van der Waals surface area contributed by atoms with Gasteiger partial charge < -0.3 is 10.1 Å². The molecule has 0 radical (unpaired) electrons. The Morgan fingerprint density at radius 3 is 2.67 bits per heavy atom. The molecule has 2 aromatic carbocycles. The van der Waals surface area contributed by atoms with Crippen molar-refractivity contribution < 1.29 is 14.1 Å². The average molecular weight is 290 g/mol. The Labute approximate surface area is 121 Å². The SMILES string of the molecule is CNc1ccc(COc2ccc(C)c(F)c2)cc1[N+](=O)[O-]. The summed E-state index contributed by atoms with van der Waals surface area (Å²) in [5.74, 6) is 0.0439. The molecule has 2 rings (SSSR count). The molecule has 0 unspecified atom stereocenters. The number of rotatable bonds is 5. The van der Waals surface area contributed by atoms with Crippen LogP contribution in [0.2, 0.25) is 0 Å². The lowest BCUT2D eigenvalue weighted by molar-refractivity contribution is -0.384. The van der Waals surface area contributed by atoms with E-state index in [0.717, 1.165) is 0 Å². The van der Waals surface area contributed by atoms with Gasteiger partial charge in [0.05, 0.1) is 4.92 Å². The van der Waals surface area contributed by atoms with Gasteiger partial charge in [0, 0.05) is 19.2 Å². The number of aryl methyl sites for hydroxylation is 1. The fourth-order valence-electron chi connectivity index (χ4n) is 1.86. The number of nitro groups is 1. The van der Waals surface area contributed by atoms with Gasteiger partial charge in [-0.05, 0) is 30.2 Å². The van der Waals surface area contributed by atoms with Gasteiger partial charge in [0.15, 0.2) is 0 Å². The van der Waals surface area contributed by atoms with E-state index in [1.165, 1.54) is 12.1 Å². The van der Waals surface area contributed by atoms with E-state index in [1.54, 1.807) is 38.2 Å². The first kappa shape index (κ1) is 14.8. The molecular weight excluding hydrogens is 275 g/mol. The molecule has 110 valence electrons. The maximum absolute atomic E-state index is 13.4. The molecule has 0 atom stereocenters. The topological polar surface area (TPSA) is 64.4 Å². The molecular formula is C15H15FN2O3. The molecule has 0 aliphatic rings. The average Bonchev–Trinajstić information content (AvgIpc) is 2.48. The lowest BCUT2D eigenvalue weighted by Gasteiger charge is -2.08. The zero-order valence-electron chi connectivity index (χ0n) is 11.7. The van der Waals surface area contributed by atoms with E-state index >= 15 is 0 Å². The Balaban J connectivity index is 2.14. The predicted octanol–water partition coefficient (Wildman–Crippen LogP) is 3.66. The molecule has 0 saturated heterocycles. The number of halogens is 1. The first-order chi connectivity index (χ1) is 10.0. The minimum Gasteiger partial charge on any atom is -0.489 e. The van der Waals surface area contributed by atoms with Crippen LogP contribution >= 0.6 is 0 Å². The Hall–Kier alpha value is -2.63. The van der Waals surface area contributed by atoms with E-state index in [0.29, 0.717) is 22.6 Å². The van der Waals surface area contributed by atoms with Crippen LogP contribution in [-0.2, 0) is 6.61 Å². The highest BCUT2D eigenvalue weighted by atomic mass is 19.1. The van der Waals surface area contributed by atoms with E-state index in [1.807, 2.05) is 0 Å². The summed E-state index contributed by atoms with van der Waals surface area (Å²) in [6, 6.07) is 9.37. The lowest BCUT2D eigenvalue weighted by Crippen LogP contribution is -2.00. The van der Waals surface area contributed by atoms with E-state index in [2.05, 4.69) is 5.32 Å². The molecule has 0 amide bonds. The minimum absolute atomic E-state index is 0.0197. The van der Waals surface area contributed by atoms with Crippen LogP contribution in [0.15, 0.2) is 36.4 Å². The Morgan fingerprint density at radius 2 is 2.05 bits per heavy atom. The Kier molecular flexibility index (Phi) is 4.37. The number of hydrogen-bond donors (Lipinski definition) is 1. The quantitative estimate of drug-likeness (QED) is 0.674. The highest BCUT2D eigenvalue weighted by Gasteiger charge is 2.13.